The van der Waals surface area contributed by atoms with Crippen LogP contribution >= 0.6 is 0 Å². The molecule has 0 saturated heterocycles. The van der Waals surface area contributed by atoms with Gasteiger partial charge in [-0.3, -0.25) is 0 Å². The lowest BCUT2D eigenvalue weighted by Crippen LogP contribution is -2.31. The first-order valence-electron chi connectivity index (χ1n) is 8.30. The molecule has 0 bridgehead atoms. The molecular formula is C17H36O4. The van der Waals surface area contributed by atoms with Gasteiger partial charge in [-0.2, -0.15) is 0 Å². The maximum atomic E-state index is 8.90. The lowest BCUT2D eigenvalue weighted by Gasteiger charge is -2.23. The Morgan fingerprint density at radius 2 is 1.14 bits per heavy atom. The molecule has 0 heterocycles. The first kappa shape index (κ1) is 20.8. The van der Waals surface area contributed by atoms with Gasteiger partial charge in [-0.1, -0.05) is 27.7 Å². The third-order valence-electron chi connectivity index (χ3n) is 3.18. The molecule has 21 heavy (non-hydrogen) atoms. The maximum Gasteiger partial charge on any atom is 0.104 e. The molecule has 0 aliphatic heterocycles. The van der Waals surface area contributed by atoms with Crippen LogP contribution in [0.25, 0.3) is 0 Å². The van der Waals surface area contributed by atoms with Gasteiger partial charge in [0.05, 0.1) is 38.6 Å². The maximum absolute atomic E-state index is 8.90. The minimum atomic E-state index is -0.110. The predicted molar refractivity (Wildman–Crippen MR) is 86.6 cm³/mol. The van der Waals surface area contributed by atoms with E-state index < -0.39 is 0 Å². The SMILES string of the molecule is CC(C)CC(C)OCC(COC(C)CC(C)C)OCCO. The number of aliphatic hydroxyl groups excluding tert-OH is 1. The molecule has 0 spiro atoms. The zero-order chi connectivity index (χ0) is 16.3. The van der Waals surface area contributed by atoms with Gasteiger partial charge in [0, 0.05) is 0 Å². The largest absolute Gasteiger partial charge is 0.394 e. The molecule has 4 nitrogen and oxygen atoms in total. The number of hydrogen-bond acceptors (Lipinski definition) is 4. The molecule has 0 aliphatic carbocycles. The van der Waals surface area contributed by atoms with E-state index in [2.05, 4.69) is 41.5 Å². The molecule has 0 saturated carbocycles. The average molecular weight is 304 g/mol. The van der Waals surface area contributed by atoms with Crippen molar-refractivity contribution in [3.8, 4) is 0 Å². The molecule has 128 valence electrons. The van der Waals surface area contributed by atoms with Gasteiger partial charge in [-0.05, 0) is 38.5 Å². The minimum Gasteiger partial charge on any atom is -0.394 e. The van der Waals surface area contributed by atoms with Gasteiger partial charge in [0.1, 0.15) is 6.10 Å². The zero-order valence-corrected chi connectivity index (χ0v) is 14.8. The van der Waals surface area contributed by atoms with Crippen LogP contribution in [0.15, 0.2) is 0 Å². The van der Waals surface area contributed by atoms with Crippen LogP contribution < -0.4 is 0 Å². The van der Waals surface area contributed by atoms with E-state index in [1.54, 1.807) is 0 Å². The Morgan fingerprint density at radius 1 is 0.714 bits per heavy atom. The number of rotatable bonds is 13. The average Bonchev–Trinajstić information content (AvgIpc) is 2.36. The highest BCUT2D eigenvalue weighted by atomic mass is 16.6. The Bertz CT molecular complexity index is 211. The van der Waals surface area contributed by atoms with Crippen LogP contribution in [-0.2, 0) is 14.2 Å². The highest BCUT2D eigenvalue weighted by Gasteiger charge is 2.15. The van der Waals surface area contributed by atoms with E-state index in [4.69, 9.17) is 19.3 Å². The molecule has 4 heteroatoms. The minimum absolute atomic E-state index is 0.0274. The second-order valence-corrected chi connectivity index (χ2v) is 6.76. The Kier molecular flexibility index (Phi) is 12.3. The first-order valence-corrected chi connectivity index (χ1v) is 8.30. The normalized spacial score (nSPS) is 16.4. The highest BCUT2D eigenvalue weighted by Crippen LogP contribution is 2.11. The molecule has 0 rings (SSSR count). The molecule has 0 aromatic carbocycles. The van der Waals surface area contributed by atoms with Gasteiger partial charge in [0.15, 0.2) is 0 Å². The third-order valence-corrected chi connectivity index (χ3v) is 3.18. The highest BCUT2D eigenvalue weighted by molar-refractivity contribution is 4.62. The molecule has 0 aliphatic rings. The van der Waals surface area contributed by atoms with Crippen LogP contribution in [0.4, 0.5) is 0 Å². The molecule has 0 amide bonds. The van der Waals surface area contributed by atoms with E-state index in [-0.39, 0.29) is 24.9 Å². The molecule has 2 unspecified atom stereocenters. The van der Waals surface area contributed by atoms with Crippen molar-refractivity contribution in [2.45, 2.75) is 72.7 Å². The van der Waals surface area contributed by atoms with Crippen LogP contribution in [0.2, 0.25) is 0 Å². The van der Waals surface area contributed by atoms with Crippen molar-refractivity contribution in [3.63, 3.8) is 0 Å². The molecular weight excluding hydrogens is 268 g/mol. The van der Waals surface area contributed by atoms with Crippen molar-refractivity contribution in [1.29, 1.82) is 0 Å². The summed E-state index contributed by atoms with van der Waals surface area (Å²) < 4.78 is 17.3. The van der Waals surface area contributed by atoms with E-state index in [1.807, 2.05) is 0 Å². The van der Waals surface area contributed by atoms with Crippen LogP contribution in [0.3, 0.4) is 0 Å². The molecule has 2 atom stereocenters. The van der Waals surface area contributed by atoms with Gasteiger partial charge in [-0.15, -0.1) is 0 Å². The van der Waals surface area contributed by atoms with Crippen LogP contribution in [0, 0.1) is 11.8 Å². The first-order chi connectivity index (χ1) is 9.85. The standard InChI is InChI=1S/C17H36O4/c1-13(2)9-15(5)20-11-17(19-8-7-18)12-21-16(6)10-14(3)4/h13-18H,7-12H2,1-6H3. The predicted octanol–water partition coefficient (Wildman–Crippen LogP) is 3.27. The van der Waals surface area contributed by atoms with Crippen molar-refractivity contribution in [2.24, 2.45) is 11.8 Å². The fourth-order valence-electron chi connectivity index (χ4n) is 2.37. The van der Waals surface area contributed by atoms with E-state index in [1.165, 1.54) is 0 Å². The molecule has 1 N–H and O–H groups in total. The van der Waals surface area contributed by atoms with E-state index in [0.717, 1.165) is 12.8 Å². The fraction of sp³-hybridized carbons (Fsp3) is 1.00. The van der Waals surface area contributed by atoms with Crippen molar-refractivity contribution in [2.75, 3.05) is 26.4 Å². The summed E-state index contributed by atoms with van der Waals surface area (Å²) in [6.45, 7) is 14.3. The summed E-state index contributed by atoms with van der Waals surface area (Å²) in [5.74, 6) is 1.25. The smallest absolute Gasteiger partial charge is 0.104 e. The van der Waals surface area contributed by atoms with Gasteiger partial charge >= 0.3 is 0 Å². The van der Waals surface area contributed by atoms with Gasteiger partial charge in [0.25, 0.3) is 0 Å². The Balaban J connectivity index is 4.07. The summed E-state index contributed by atoms with van der Waals surface area (Å²) in [7, 11) is 0. The van der Waals surface area contributed by atoms with Crippen LogP contribution in [0.5, 0.6) is 0 Å². The van der Waals surface area contributed by atoms with Crippen molar-refractivity contribution in [1.82, 2.24) is 0 Å². The summed E-state index contributed by atoms with van der Waals surface area (Å²) in [5.41, 5.74) is 0. The molecule has 0 aromatic rings. The van der Waals surface area contributed by atoms with Crippen LogP contribution in [0.1, 0.15) is 54.4 Å². The second kappa shape index (κ2) is 12.4. The molecule has 0 aromatic heterocycles. The quantitative estimate of drug-likeness (QED) is 0.567. The van der Waals surface area contributed by atoms with Gasteiger partial charge in [-0.25, -0.2) is 0 Å². The monoisotopic (exact) mass is 304 g/mol. The summed E-state index contributed by atoms with van der Waals surface area (Å²) in [4.78, 5) is 0. The number of hydrogen-bond donors (Lipinski definition) is 1. The topological polar surface area (TPSA) is 47.9 Å². The lowest BCUT2D eigenvalue weighted by molar-refractivity contribution is -0.0948. The Morgan fingerprint density at radius 3 is 1.48 bits per heavy atom. The summed E-state index contributed by atoms with van der Waals surface area (Å²) in [6, 6.07) is 0. The number of ether oxygens (including phenoxy) is 3. The number of aliphatic hydroxyl groups is 1. The van der Waals surface area contributed by atoms with E-state index in [9.17, 15) is 0 Å². The second-order valence-electron chi connectivity index (χ2n) is 6.76. The van der Waals surface area contributed by atoms with Gasteiger partial charge < -0.3 is 19.3 Å². The Labute approximate surface area is 131 Å². The van der Waals surface area contributed by atoms with E-state index in [0.29, 0.717) is 31.7 Å². The van der Waals surface area contributed by atoms with Crippen molar-refractivity contribution >= 4 is 0 Å². The van der Waals surface area contributed by atoms with E-state index >= 15 is 0 Å². The summed E-state index contributed by atoms with van der Waals surface area (Å²) in [6.07, 6.45) is 2.41. The summed E-state index contributed by atoms with van der Waals surface area (Å²) in [5, 5.41) is 8.90. The van der Waals surface area contributed by atoms with Crippen molar-refractivity contribution in [3.05, 3.63) is 0 Å². The Hall–Kier alpha value is -0.160. The van der Waals surface area contributed by atoms with Crippen molar-refractivity contribution < 1.29 is 19.3 Å². The third kappa shape index (κ3) is 13.2. The van der Waals surface area contributed by atoms with Gasteiger partial charge in [0.2, 0.25) is 0 Å². The lowest BCUT2D eigenvalue weighted by atomic mass is 10.1. The zero-order valence-electron chi connectivity index (χ0n) is 14.8. The fourth-order valence-corrected chi connectivity index (χ4v) is 2.37. The molecule has 0 fully saturated rings. The summed E-state index contributed by atoms with van der Waals surface area (Å²) >= 11 is 0. The van der Waals surface area contributed by atoms with Crippen LogP contribution in [-0.4, -0.2) is 49.8 Å². The molecule has 0 radical (unpaired) electrons.